The third-order valence-corrected chi connectivity index (χ3v) is 5.41. The van der Waals surface area contributed by atoms with Crippen LogP contribution in [-0.2, 0) is 13.1 Å². The summed E-state index contributed by atoms with van der Waals surface area (Å²) in [6.07, 6.45) is 13.0. The monoisotopic (exact) mass is 283 g/mol. The first kappa shape index (κ1) is 14.9. The second kappa shape index (κ2) is 7.31. The zero-order valence-electron chi connectivity index (χ0n) is 11.8. The summed E-state index contributed by atoms with van der Waals surface area (Å²) in [6, 6.07) is 0. The van der Waals surface area contributed by atoms with Crippen molar-refractivity contribution in [2.24, 2.45) is 0 Å². The van der Waals surface area contributed by atoms with E-state index >= 15 is 0 Å². The number of rotatable bonds is 7. The first-order chi connectivity index (χ1) is 9.28. The van der Waals surface area contributed by atoms with Gasteiger partial charge in [-0.2, -0.15) is 16.9 Å². The summed E-state index contributed by atoms with van der Waals surface area (Å²) in [4.78, 5) is 0. The van der Waals surface area contributed by atoms with Crippen molar-refractivity contribution in [3.8, 4) is 0 Å². The van der Waals surface area contributed by atoms with E-state index in [2.05, 4.69) is 16.7 Å². The van der Waals surface area contributed by atoms with Crippen LogP contribution >= 0.6 is 11.8 Å². The van der Waals surface area contributed by atoms with Gasteiger partial charge in [0.05, 0.1) is 19.3 Å². The van der Waals surface area contributed by atoms with Crippen LogP contribution < -0.4 is 5.32 Å². The Balaban J connectivity index is 1.78. The molecule has 1 aliphatic rings. The highest BCUT2D eigenvalue weighted by molar-refractivity contribution is 8.00. The van der Waals surface area contributed by atoms with Gasteiger partial charge in [0.2, 0.25) is 0 Å². The Hall–Kier alpha value is -0.520. The molecule has 5 heteroatoms. The molecule has 0 aromatic carbocycles. The molecule has 2 rings (SSSR count). The SMILES string of the molecule is CSC1(CNCc2cnn(CCO)c2)CCCCC1. The Bertz CT molecular complexity index is 375. The number of nitrogens with one attached hydrogen (secondary N) is 1. The lowest BCUT2D eigenvalue weighted by molar-refractivity contribution is 0.269. The number of hydrogen-bond acceptors (Lipinski definition) is 4. The molecule has 19 heavy (non-hydrogen) atoms. The zero-order chi connectivity index (χ0) is 13.6. The van der Waals surface area contributed by atoms with Crippen molar-refractivity contribution in [2.75, 3.05) is 19.4 Å². The van der Waals surface area contributed by atoms with Gasteiger partial charge in [-0.15, -0.1) is 0 Å². The number of aliphatic hydroxyl groups is 1. The van der Waals surface area contributed by atoms with Crippen molar-refractivity contribution in [2.45, 2.75) is 49.9 Å². The molecular weight excluding hydrogens is 258 g/mol. The lowest BCUT2D eigenvalue weighted by atomic mass is 9.88. The second-order valence-corrected chi connectivity index (χ2v) is 6.66. The topological polar surface area (TPSA) is 50.1 Å². The van der Waals surface area contributed by atoms with Crippen molar-refractivity contribution in [1.29, 1.82) is 0 Å². The Morgan fingerprint density at radius 3 is 2.89 bits per heavy atom. The van der Waals surface area contributed by atoms with Gasteiger partial charge in [0, 0.05) is 29.6 Å². The normalized spacial score (nSPS) is 18.6. The third kappa shape index (κ3) is 4.23. The number of aromatic nitrogens is 2. The minimum absolute atomic E-state index is 0.143. The minimum Gasteiger partial charge on any atom is -0.394 e. The molecule has 1 aromatic rings. The molecule has 0 aliphatic heterocycles. The van der Waals surface area contributed by atoms with Gasteiger partial charge in [0.1, 0.15) is 0 Å². The molecule has 1 fully saturated rings. The van der Waals surface area contributed by atoms with Crippen LogP contribution in [0.1, 0.15) is 37.7 Å². The molecule has 1 saturated carbocycles. The molecule has 2 N–H and O–H groups in total. The van der Waals surface area contributed by atoms with Gasteiger partial charge >= 0.3 is 0 Å². The molecule has 0 unspecified atom stereocenters. The summed E-state index contributed by atoms with van der Waals surface area (Å²) in [5.74, 6) is 0. The molecule has 0 atom stereocenters. The minimum atomic E-state index is 0.143. The highest BCUT2D eigenvalue weighted by atomic mass is 32.2. The first-order valence-corrected chi connectivity index (χ1v) is 8.38. The van der Waals surface area contributed by atoms with Gasteiger partial charge in [0.25, 0.3) is 0 Å². The van der Waals surface area contributed by atoms with E-state index in [9.17, 15) is 0 Å². The summed E-state index contributed by atoms with van der Waals surface area (Å²) < 4.78 is 2.24. The molecule has 0 bridgehead atoms. The fraction of sp³-hybridized carbons (Fsp3) is 0.786. The number of nitrogens with zero attached hydrogens (tertiary/aromatic N) is 2. The van der Waals surface area contributed by atoms with E-state index in [1.807, 2.05) is 24.2 Å². The van der Waals surface area contributed by atoms with E-state index in [1.165, 1.54) is 37.7 Å². The van der Waals surface area contributed by atoms with Crippen LogP contribution in [0, 0.1) is 0 Å². The molecule has 1 aromatic heterocycles. The van der Waals surface area contributed by atoms with Crippen LogP contribution in [0.15, 0.2) is 12.4 Å². The van der Waals surface area contributed by atoms with Gasteiger partial charge in [-0.05, 0) is 19.1 Å². The summed E-state index contributed by atoms with van der Waals surface area (Å²) in [7, 11) is 0. The van der Waals surface area contributed by atoms with Crippen LogP contribution in [0.4, 0.5) is 0 Å². The van der Waals surface area contributed by atoms with Gasteiger partial charge in [-0.1, -0.05) is 19.3 Å². The predicted molar refractivity (Wildman–Crippen MR) is 80.4 cm³/mol. The molecule has 0 spiro atoms. The van der Waals surface area contributed by atoms with Crippen molar-refractivity contribution in [1.82, 2.24) is 15.1 Å². The lowest BCUT2D eigenvalue weighted by Gasteiger charge is -2.36. The fourth-order valence-corrected chi connectivity index (χ4v) is 3.75. The van der Waals surface area contributed by atoms with Gasteiger partial charge in [-0.3, -0.25) is 4.68 Å². The van der Waals surface area contributed by atoms with Crippen LogP contribution in [0.3, 0.4) is 0 Å². The summed E-state index contributed by atoms with van der Waals surface area (Å²) in [5, 5.41) is 16.7. The Morgan fingerprint density at radius 1 is 1.42 bits per heavy atom. The highest BCUT2D eigenvalue weighted by Gasteiger charge is 2.30. The van der Waals surface area contributed by atoms with Crippen molar-refractivity contribution < 1.29 is 5.11 Å². The van der Waals surface area contributed by atoms with E-state index < -0.39 is 0 Å². The Morgan fingerprint density at radius 2 is 2.21 bits per heavy atom. The van der Waals surface area contributed by atoms with Crippen molar-refractivity contribution in [3.63, 3.8) is 0 Å². The molecule has 0 saturated heterocycles. The lowest BCUT2D eigenvalue weighted by Crippen LogP contribution is -2.39. The molecular formula is C14H25N3OS. The summed E-state index contributed by atoms with van der Waals surface area (Å²) in [6.45, 7) is 2.67. The van der Waals surface area contributed by atoms with Crippen LogP contribution in [0.25, 0.3) is 0 Å². The quantitative estimate of drug-likeness (QED) is 0.804. The maximum atomic E-state index is 8.86. The van der Waals surface area contributed by atoms with E-state index in [4.69, 9.17) is 5.11 Å². The van der Waals surface area contributed by atoms with Gasteiger partial charge in [-0.25, -0.2) is 0 Å². The van der Waals surface area contributed by atoms with Crippen LogP contribution in [0.2, 0.25) is 0 Å². The fourth-order valence-electron chi connectivity index (χ4n) is 2.81. The first-order valence-electron chi connectivity index (χ1n) is 7.16. The second-order valence-electron chi connectivity index (χ2n) is 5.39. The number of hydrogen-bond donors (Lipinski definition) is 2. The Labute approximate surface area is 120 Å². The predicted octanol–water partition coefficient (Wildman–Crippen LogP) is 2.03. The van der Waals surface area contributed by atoms with Gasteiger partial charge < -0.3 is 10.4 Å². The molecule has 1 aliphatic carbocycles. The molecule has 108 valence electrons. The highest BCUT2D eigenvalue weighted by Crippen LogP contribution is 2.37. The average molecular weight is 283 g/mol. The van der Waals surface area contributed by atoms with E-state index in [0.717, 1.165) is 13.1 Å². The molecule has 0 radical (unpaired) electrons. The van der Waals surface area contributed by atoms with Crippen LogP contribution in [-0.4, -0.2) is 39.0 Å². The third-order valence-electron chi connectivity index (χ3n) is 3.99. The van der Waals surface area contributed by atoms with Crippen molar-refractivity contribution >= 4 is 11.8 Å². The summed E-state index contributed by atoms with van der Waals surface area (Å²) >= 11 is 2.03. The number of aliphatic hydroxyl groups excluding tert-OH is 1. The maximum Gasteiger partial charge on any atom is 0.0640 e. The number of thioether (sulfide) groups is 1. The molecule has 4 nitrogen and oxygen atoms in total. The Kier molecular flexibility index (Phi) is 5.73. The molecule has 0 amide bonds. The maximum absolute atomic E-state index is 8.86. The van der Waals surface area contributed by atoms with E-state index in [1.54, 1.807) is 4.68 Å². The standard InChI is InChI=1S/C14H25N3OS/c1-19-14(5-3-2-4-6-14)12-15-9-13-10-16-17(11-13)7-8-18/h10-11,15,18H,2-9,12H2,1H3. The average Bonchev–Trinajstić information content (AvgIpc) is 2.88. The summed E-state index contributed by atoms with van der Waals surface area (Å²) in [5.41, 5.74) is 1.19. The van der Waals surface area contributed by atoms with Gasteiger partial charge in [0.15, 0.2) is 0 Å². The smallest absolute Gasteiger partial charge is 0.0640 e. The van der Waals surface area contributed by atoms with E-state index in [-0.39, 0.29) is 6.61 Å². The van der Waals surface area contributed by atoms with Crippen molar-refractivity contribution in [3.05, 3.63) is 18.0 Å². The largest absolute Gasteiger partial charge is 0.394 e. The van der Waals surface area contributed by atoms with E-state index in [0.29, 0.717) is 11.3 Å². The molecule has 1 heterocycles. The zero-order valence-corrected chi connectivity index (χ0v) is 12.6. The van der Waals surface area contributed by atoms with Crippen LogP contribution in [0.5, 0.6) is 0 Å².